The molecule has 1 unspecified atom stereocenters. The maximum atomic E-state index is 5.53. The molecule has 0 aliphatic heterocycles. The van der Waals surface area contributed by atoms with Crippen LogP contribution in [-0.4, -0.2) is 33.1 Å². The van der Waals surface area contributed by atoms with Gasteiger partial charge in [0.15, 0.2) is 0 Å². The quantitative estimate of drug-likeness (QED) is 0.739. The molecule has 0 aromatic heterocycles. The third kappa shape index (κ3) is 5.08. The summed E-state index contributed by atoms with van der Waals surface area (Å²) in [5, 5.41) is 3.33. The van der Waals surface area contributed by atoms with Crippen molar-refractivity contribution in [2.75, 3.05) is 27.0 Å². The van der Waals surface area contributed by atoms with Crippen molar-refractivity contribution in [3.63, 3.8) is 0 Å². The summed E-state index contributed by atoms with van der Waals surface area (Å²) in [5.41, 5.74) is 1.20. The number of methoxy groups -OCH3 is 2. The predicted molar refractivity (Wildman–Crippen MR) is 90.0 cm³/mol. The van der Waals surface area contributed by atoms with E-state index in [-0.39, 0.29) is 12.4 Å². The Kier molecular flexibility index (Phi) is 9.90. The van der Waals surface area contributed by atoms with Crippen LogP contribution in [0.25, 0.3) is 0 Å². The Hall–Kier alpha value is -0.580. The SMILES string of the molecule is CCSc1cc(OC)c(CC(CC)NC)cc1OC.Cl. The highest BCUT2D eigenvalue weighted by molar-refractivity contribution is 7.99. The van der Waals surface area contributed by atoms with Crippen molar-refractivity contribution in [2.24, 2.45) is 0 Å². The molecule has 0 aliphatic rings. The molecule has 116 valence electrons. The molecule has 0 spiro atoms. The second kappa shape index (κ2) is 10.2. The number of rotatable bonds is 8. The lowest BCUT2D eigenvalue weighted by molar-refractivity contribution is 0.387. The second-order valence-corrected chi connectivity index (χ2v) is 5.65. The number of hydrogen-bond acceptors (Lipinski definition) is 4. The minimum absolute atomic E-state index is 0. The lowest BCUT2D eigenvalue weighted by atomic mass is 10.0. The van der Waals surface area contributed by atoms with E-state index in [0.717, 1.165) is 35.0 Å². The van der Waals surface area contributed by atoms with Gasteiger partial charge in [-0.05, 0) is 43.3 Å². The Labute approximate surface area is 133 Å². The number of halogens is 1. The van der Waals surface area contributed by atoms with E-state index in [1.54, 1.807) is 26.0 Å². The minimum atomic E-state index is 0. The Bertz CT molecular complexity index is 398. The molecule has 1 rings (SSSR count). The van der Waals surface area contributed by atoms with Crippen molar-refractivity contribution in [3.05, 3.63) is 17.7 Å². The zero-order valence-corrected chi connectivity index (χ0v) is 14.6. The fourth-order valence-electron chi connectivity index (χ4n) is 2.08. The van der Waals surface area contributed by atoms with Crippen molar-refractivity contribution in [1.29, 1.82) is 0 Å². The summed E-state index contributed by atoms with van der Waals surface area (Å²) in [4.78, 5) is 1.14. The molecule has 1 atom stereocenters. The molecule has 0 heterocycles. The molecule has 0 saturated carbocycles. The van der Waals surface area contributed by atoms with Crippen LogP contribution in [0.3, 0.4) is 0 Å². The van der Waals surface area contributed by atoms with Crippen LogP contribution in [0.1, 0.15) is 25.8 Å². The third-order valence-electron chi connectivity index (χ3n) is 3.23. The van der Waals surface area contributed by atoms with Crippen LogP contribution >= 0.6 is 24.2 Å². The molecule has 0 fully saturated rings. The second-order valence-electron chi connectivity index (χ2n) is 4.35. The Morgan fingerprint density at radius 1 is 1.15 bits per heavy atom. The van der Waals surface area contributed by atoms with E-state index in [0.29, 0.717) is 6.04 Å². The molecule has 0 saturated heterocycles. The van der Waals surface area contributed by atoms with Gasteiger partial charge in [0.25, 0.3) is 0 Å². The number of likely N-dealkylation sites (N-methyl/N-ethyl adjacent to an activating group) is 1. The van der Waals surface area contributed by atoms with Crippen molar-refractivity contribution < 1.29 is 9.47 Å². The zero-order chi connectivity index (χ0) is 14.3. The number of thioether (sulfide) groups is 1. The average molecular weight is 320 g/mol. The van der Waals surface area contributed by atoms with Crippen LogP contribution in [-0.2, 0) is 6.42 Å². The summed E-state index contributed by atoms with van der Waals surface area (Å²) in [6.45, 7) is 4.32. The van der Waals surface area contributed by atoms with E-state index < -0.39 is 0 Å². The molecule has 0 radical (unpaired) electrons. The summed E-state index contributed by atoms with van der Waals surface area (Å²) >= 11 is 1.77. The highest BCUT2D eigenvalue weighted by Gasteiger charge is 2.14. The van der Waals surface area contributed by atoms with E-state index in [1.165, 1.54) is 5.56 Å². The number of nitrogens with one attached hydrogen (secondary N) is 1. The standard InChI is InChI=1S/C15H25NO2S.ClH/c1-6-12(16-3)8-11-9-14(18-5)15(19-7-2)10-13(11)17-4;/h9-10,12,16H,6-8H2,1-5H3;1H. The van der Waals surface area contributed by atoms with Gasteiger partial charge in [-0.3, -0.25) is 0 Å². The number of ether oxygens (including phenoxy) is 2. The summed E-state index contributed by atoms with van der Waals surface area (Å²) in [5.74, 6) is 2.91. The van der Waals surface area contributed by atoms with Gasteiger partial charge in [0.1, 0.15) is 11.5 Å². The smallest absolute Gasteiger partial charge is 0.132 e. The Morgan fingerprint density at radius 2 is 1.80 bits per heavy atom. The highest BCUT2D eigenvalue weighted by Crippen LogP contribution is 2.36. The van der Waals surface area contributed by atoms with Crippen LogP contribution in [0.2, 0.25) is 0 Å². The van der Waals surface area contributed by atoms with Gasteiger partial charge < -0.3 is 14.8 Å². The summed E-state index contributed by atoms with van der Waals surface area (Å²) < 4.78 is 11.0. The summed E-state index contributed by atoms with van der Waals surface area (Å²) in [7, 11) is 5.45. The minimum Gasteiger partial charge on any atom is -0.496 e. The average Bonchev–Trinajstić information content (AvgIpc) is 2.45. The highest BCUT2D eigenvalue weighted by atomic mass is 35.5. The number of hydrogen-bond donors (Lipinski definition) is 1. The molecular formula is C15H26ClNO2S. The fourth-order valence-corrected chi connectivity index (χ4v) is 2.86. The molecule has 1 aromatic carbocycles. The Morgan fingerprint density at radius 3 is 2.25 bits per heavy atom. The predicted octanol–water partition coefficient (Wildman–Crippen LogP) is 3.78. The van der Waals surface area contributed by atoms with Gasteiger partial charge in [-0.15, -0.1) is 24.2 Å². The van der Waals surface area contributed by atoms with Gasteiger partial charge in [-0.1, -0.05) is 13.8 Å². The first-order valence-electron chi connectivity index (χ1n) is 6.75. The first-order valence-corrected chi connectivity index (χ1v) is 7.73. The van der Waals surface area contributed by atoms with E-state index in [2.05, 4.69) is 31.3 Å². The molecule has 0 bridgehead atoms. The van der Waals surface area contributed by atoms with E-state index >= 15 is 0 Å². The molecule has 1 aromatic rings. The maximum absolute atomic E-state index is 5.53. The van der Waals surface area contributed by atoms with Crippen LogP contribution in [0.4, 0.5) is 0 Å². The van der Waals surface area contributed by atoms with E-state index in [1.807, 2.05) is 7.05 Å². The largest absolute Gasteiger partial charge is 0.496 e. The van der Waals surface area contributed by atoms with Crippen molar-refractivity contribution >= 4 is 24.2 Å². The zero-order valence-electron chi connectivity index (χ0n) is 13.0. The first kappa shape index (κ1) is 19.4. The molecule has 3 nitrogen and oxygen atoms in total. The maximum Gasteiger partial charge on any atom is 0.132 e. The third-order valence-corrected chi connectivity index (χ3v) is 4.15. The van der Waals surface area contributed by atoms with Crippen molar-refractivity contribution in [1.82, 2.24) is 5.32 Å². The van der Waals surface area contributed by atoms with Crippen LogP contribution in [0.15, 0.2) is 17.0 Å². The van der Waals surface area contributed by atoms with E-state index in [9.17, 15) is 0 Å². The monoisotopic (exact) mass is 319 g/mol. The van der Waals surface area contributed by atoms with E-state index in [4.69, 9.17) is 9.47 Å². The van der Waals surface area contributed by atoms with Crippen molar-refractivity contribution in [3.8, 4) is 11.5 Å². The molecule has 20 heavy (non-hydrogen) atoms. The number of benzene rings is 1. The van der Waals surface area contributed by atoms with Crippen LogP contribution in [0, 0.1) is 0 Å². The lowest BCUT2D eigenvalue weighted by Gasteiger charge is -2.18. The molecular weight excluding hydrogens is 294 g/mol. The summed E-state index contributed by atoms with van der Waals surface area (Å²) in [6.07, 6.45) is 2.04. The molecule has 1 N–H and O–H groups in total. The lowest BCUT2D eigenvalue weighted by Crippen LogP contribution is -2.26. The Balaban J connectivity index is 0.00000361. The first-order chi connectivity index (χ1) is 9.19. The van der Waals surface area contributed by atoms with Crippen molar-refractivity contribution in [2.45, 2.75) is 37.6 Å². The van der Waals surface area contributed by atoms with Gasteiger partial charge in [-0.2, -0.15) is 0 Å². The molecule has 0 amide bonds. The van der Waals surface area contributed by atoms with Gasteiger partial charge in [-0.25, -0.2) is 0 Å². The van der Waals surface area contributed by atoms with Gasteiger partial charge in [0.05, 0.1) is 19.1 Å². The topological polar surface area (TPSA) is 30.5 Å². The van der Waals surface area contributed by atoms with Crippen LogP contribution < -0.4 is 14.8 Å². The molecule has 0 aliphatic carbocycles. The van der Waals surface area contributed by atoms with Gasteiger partial charge in [0, 0.05) is 6.04 Å². The molecule has 5 heteroatoms. The van der Waals surface area contributed by atoms with Gasteiger partial charge in [0.2, 0.25) is 0 Å². The summed E-state index contributed by atoms with van der Waals surface area (Å²) in [6, 6.07) is 4.66. The fraction of sp³-hybridized carbons (Fsp3) is 0.600. The normalized spacial score (nSPS) is 11.7. The van der Waals surface area contributed by atoms with Gasteiger partial charge >= 0.3 is 0 Å². The van der Waals surface area contributed by atoms with Crippen LogP contribution in [0.5, 0.6) is 11.5 Å².